The zero-order valence-electron chi connectivity index (χ0n) is 16.0. The molecule has 2 aromatic rings. The van der Waals surface area contributed by atoms with E-state index in [1.807, 2.05) is 17.0 Å². The van der Waals surface area contributed by atoms with Crippen LogP contribution in [0.4, 0.5) is 10.5 Å². The predicted molar refractivity (Wildman–Crippen MR) is 105 cm³/mol. The fraction of sp³-hybridized carbons (Fsp3) is 0.333. The Bertz CT molecular complexity index is 914. The van der Waals surface area contributed by atoms with Crippen molar-refractivity contribution in [1.82, 2.24) is 9.80 Å². The summed E-state index contributed by atoms with van der Waals surface area (Å²) < 4.78 is 10.5. The van der Waals surface area contributed by atoms with Gasteiger partial charge in [-0.3, -0.25) is 4.79 Å². The molecule has 2 aliphatic rings. The summed E-state index contributed by atoms with van der Waals surface area (Å²) in [6.07, 6.45) is 0.857. The molecule has 2 aromatic carbocycles. The van der Waals surface area contributed by atoms with Crippen LogP contribution < -0.4 is 14.8 Å². The van der Waals surface area contributed by atoms with Gasteiger partial charge in [-0.1, -0.05) is 24.3 Å². The van der Waals surface area contributed by atoms with Crippen LogP contribution >= 0.6 is 0 Å². The van der Waals surface area contributed by atoms with E-state index in [0.29, 0.717) is 30.3 Å². The number of fused-ring (bicyclic) bond motifs is 3. The number of hydrogen-bond donors (Lipinski definition) is 1. The molecule has 2 heterocycles. The number of amides is 3. The van der Waals surface area contributed by atoms with Crippen LogP contribution in [0, 0.1) is 0 Å². The summed E-state index contributed by atoms with van der Waals surface area (Å²) in [7, 11) is 3.10. The molecule has 0 bridgehead atoms. The molecule has 7 nitrogen and oxygen atoms in total. The maximum atomic E-state index is 12.8. The topological polar surface area (TPSA) is 71.1 Å². The number of anilines is 1. The van der Waals surface area contributed by atoms with Crippen LogP contribution in [0.15, 0.2) is 42.5 Å². The van der Waals surface area contributed by atoms with Gasteiger partial charge < -0.3 is 24.6 Å². The Morgan fingerprint density at radius 2 is 1.89 bits per heavy atom. The fourth-order valence-corrected chi connectivity index (χ4v) is 3.95. The molecule has 0 saturated carbocycles. The van der Waals surface area contributed by atoms with Gasteiger partial charge in [-0.2, -0.15) is 0 Å². The number of rotatable bonds is 3. The summed E-state index contributed by atoms with van der Waals surface area (Å²) >= 11 is 0. The largest absolute Gasteiger partial charge is 0.493 e. The summed E-state index contributed by atoms with van der Waals surface area (Å²) in [4.78, 5) is 28.9. The maximum absolute atomic E-state index is 12.8. The van der Waals surface area contributed by atoms with E-state index in [-0.39, 0.29) is 24.5 Å². The van der Waals surface area contributed by atoms with Crippen molar-refractivity contribution in [2.24, 2.45) is 0 Å². The SMILES string of the molecule is COc1ccc(NC(=O)N2CC(=O)N3CCc4ccccc4C3C2)cc1OC. The Morgan fingerprint density at radius 1 is 1.11 bits per heavy atom. The average Bonchev–Trinajstić information content (AvgIpc) is 2.73. The minimum absolute atomic E-state index is 0.0202. The van der Waals surface area contributed by atoms with E-state index in [0.717, 1.165) is 12.0 Å². The predicted octanol–water partition coefficient (Wildman–Crippen LogP) is 2.68. The number of carbonyl (C=O) groups excluding carboxylic acids is 2. The lowest BCUT2D eigenvalue weighted by molar-refractivity contribution is -0.139. The summed E-state index contributed by atoms with van der Waals surface area (Å²) in [5.41, 5.74) is 2.96. The fourth-order valence-electron chi connectivity index (χ4n) is 3.95. The standard InChI is InChI=1S/C21H23N3O4/c1-27-18-8-7-15(11-19(18)28-2)22-21(26)23-12-17-16-6-4-3-5-14(16)9-10-24(17)20(25)13-23/h3-8,11,17H,9-10,12-13H2,1-2H3,(H,22,26). The summed E-state index contributed by atoms with van der Waals surface area (Å²) in [5, 5.41) is 2.86. The number of methoxy groups -OCH3 is 2. The monoisotopic (exact) mass is 381 g/mol. The third-order valence-electron chi connectivity index (χ3n) is 5.37. The molecular weight excluding hydrogens is 358 g/mol. The number of ether oxygens (including phenoxy) is 2. The molecule has 1 atom stereocenters. The molecule has 1 fully saturated rings. The van der Waals surface area contributed by atoms with Gasteiger partial charge in [0, 0.05) is 24.8 Å². The Labute approximate surface area is 163 Å². The van der Waals surface area contributed by atoms with Gasteiger partial charge in [-0.25, -0.2) is 4.79 Å². The third kappa shape index (κ3) is 3.24. The van der Waals surface area contributed by atoms with Crippen LogP contribution in [-0.2, 0) is 11.2 Å². The van der Waals surface area contributed by atoms with Crippen LogP contribution in [0.25, 0.3) is 0 Å². The number of carbonyl (C=O) groups is 2. The normalized spacial score (nSPS) is 18.2. The second-order valence-corrected chi connectivity index (χ2v) is 6.93. The molecule has 4 rings (SSSR count). The van der Waals surface area contributed by atoms with E-state index < -0.39 is 0 Å². The molecule has 2 aliphatic heterocycles. The molecule has 3 amide bonds. The van der Waals surface area contributed by atoms with Crippen molar-refractivity contribution < 1.29 is 19.1 Å². The third-order valence-corrected chi connectivity index (χ3v) is 5.37. The Balaban J connectivity index is 1.52. The van der Waals surface area contributed by atoms with Crippen LogP contribution in [-0.4, -0.2) is 55.6 Å². The molecule has 0 aliphatic carbocycles. The molecule has 0 spiro atoms. The maximum Gasteiger partial charge on any atom is 0.322 e. The highest BCUT2D eigenvalue weighted by Gasteiger charge is 2.38. The number of benzene rings is 2. The average molecular weight is 381 g/mol. The molecule has 0 aromatic heterocycles. The second-order valence-electron chi connectivity index (χ2n) is 6.93. The van der Waals surface area contributed by atoms with Crippen LogP contribution in [0.5, 0.6) is 11.5 Å². The lowest BCUT2D eigenvalue weighted by Gasteiger charge is -2.44. The lowest BCUT2D eigenvalue weighted by Crippen LogP contribution is -2.56. The first-order valence-electron chi connectivity index (χ1n) is 9.26. The van der Waals surface area contributed by atoms with Crippen molar-refractivity contribution in [1.29, 1.82) is 0 Å². The van der Waals surface area contributed by atoms with E-state index in [1.165, 1.54) is 5.56 Å². The first-order chi connectivity index (χ1) is 13.6. The number of nitrogens with zero attached hydrogens (tertiary/aromatic N) is 2. The van der Waals surface area contributed by atoms with E-state index in [4.69, 9.17) is 9.47 Å². The van der Waals surface area contributed by atoms with Gasteiger partial charge in [0.25, 0.3) is 0 Å². The van der Waals surface area contributed by atoms with E-state index in [1.54, 1.807) is 37.3 Å². The molecule has 1 N–H and O–H groups in total. The summed E-state index contributed by atoms with van der Waals surface area (Å²) in [6, 6.07) is 12.9. The smallest absolute Gasteiger partial charge is 0.322 e. The van der Waals surface area contributed by atoms with Crippen molar-refractivity contribution in [2.45, 2.75) is 12.5 Å². The van der Waals surface area contributed by atoms with E-state index in [9.17, 15) is 9.59 Å². The molecule has 1 saturated heterocycles. The number of nitrogens with one attached hydrogen (secondary N) is 1. The van der Waals surface area contributed by atoms with Crippen molar-refractivity contribution in [3.05, 3.63) is 53.6 Å². The van der Waals surface area contributed by atoms with Crippen molar-refractivity contribution in [3.63, 3.8) is 0 Å². The van der Waals surface area contributed by atoms with E-state index in [2.05, 4.69) is 17.4 Å². The van der Waals surface area contributed by atoms with Gasteiger partial charge in [0.2, 0.25) is 5.91 Å². The minimum Gasteiger partial charge on any atom is -0.493 e. The summed E-state index contributed by atoms with van der Waals surface area (Å²) in [5.74, 6) is 1.10. The van der Waals surface area contributed by atoms with Crippen molar-refractivity contribution in [2.75, 3.05) is 39.2 Å². The number of hydrogen-bond acceptors (Lipinski definition) is 4. The van der Waals surface area contributed by atoms with Gasteiger partial charge in [-0.15, -0.1) is 0 Å². The first kappa shape index (κ1) is 18.2. The lowest BCUT2D eigenvalue weighted by atomic mass is 9.91. The van der Waals surface area contributed by atoms with Crippen molar-refractivity contribution in [3.8, 4) is 11.5 Å². The Morgan fingerprint density at radius 3 is 2.68 bits per heavy atom. The molecule has 28 heavy (non-hydrogen) atoms. The second kappa shape index (κ2) is 7.42. The molecule has 1 unspecified atom stereocenters. The molecule has 146 valence electrons. The molecule has 7 heteroatoms. The highest BCUT2D eigenvalue weighted by Crippen LogP contribution is 2.34. The summed E-state index contributed by atoms with van der Waals surface area (Å²) in [6.45, 7) is 1.26. The van der Waals surface area contributed by atoms with Crippen molar-refractivity contribution >= 4 is 17.6 Å². The molecular formula is C21H23N3O4. The first-order valence-corrected chi connectivity index (χ1v) is 9.26. The highest BCUT2D eigenvalue weighted by molar-refractivity contribution is 5.93. The quantitative estimate of drug-likeness (QED) is 0.887. The van der Waals surface area contributed by atoms with Gasteiger partial charge in [0.1, 0.15) is 6.54 Å². The zero-order chi connectivity index (χ0) is 19.7. The number of piperazine rings is 1. The van der Waals surface area contributed by atoms with E-state index >= 15 is 0 Å². The van der Waals surface area contributed by atoms with Gasteiger partial charge >= 0.3 is 6.03 Å². The van der Waals surface area contributed by atoms with Crippen LogP contribution in [0.3, 0.4) is 0 Å². The highest BCUT2D eigenvalue weighted by atomic mass is 16.5. The zero-order valence-corrected chi connectivity index (χ0v) is 16.0. The van der Waals surface area contributed by atoms with Gasteiger partial charge in [-0.05, 0) is 29.7 Å². The Kier molecular flexibility index (Phi) is 4.81. The van der Waals surface area contributed by atoms with Crippen LogP contribution in [0.2, 0.25) is 0 Å². The Hall–Kier alpha value is -3.22. The van der Waals surface area contributed by atoms with Crippen LogP contribution in [0.1, 0.15) is 17.2 Å². The van der Waals surface area contributed by atoms with Gasteiger partial charge in [0.05, 0.1) is 20.3 Å². The van der Waals surface area contributed by atoms with Gasteiger partial charge in [0.15, 0.2) is 11.5 Å². The number of urea groups is 1. The molecule has 0 radical (unpaired) electrons. The minimum atomic E-state index is -0.303.